The Bertz CT molecular complexity index is 1200. The first-order valence-electron chi connectivity index (χ1n) is 9.43. The van der Waals surface area contributed by atoms with E-state index in [2.05, 4.69) is 15.9 Å². The van der Waals surface area contributed by atoms with Crippen LogP contribution in [0.1, 0.15) is 22.8 Å². The van der Waals surface area contributed by atoms with Gasteiger partial charge in [0.2, 0.25) is 0 Å². The lowest BCUT2D eigenvalue weighted by molar-refractivity contribution is 0.0529. The van der Waals surface area contributed by atoms with Gasteiger partial charge in [-0.2, -0.15) is 0 Å². The van der Waals surface area contributed by atoms with Crippen molar-refractivity contribution < 1.29 is 18.7 Å². The third kappa shape index (κ3) is 4.09. The highest BCUT2D eigenvalue weighted by Crippen LogP contribution is 2.39. The summed E-state index contributed by atoms with van der Waals surface area (Å²) in [6.07, 6.45) is 0. The fourth-order valence-corrected chi connectivity index (χ4v) is 3.81. The molecular formula is C24H18BrClO4. The van der Waals surface area contributed by atoms with Gasteiger partial charge in [0.15, 0.2) is 0 Å². The van der Waals surface area contributed by atoms with Crippen molar-refractivity contribution in [3.8, 4) is 17.1 Å². The molecule has 0 aliphatic heterocycles. The Morgan fingerprint density at radius 2 is 1.80 bits per heavy atom. The SMILES string of the molecule is CCOC(=O)c1c(-c2ccccc2)oc2cc(Br)c(OCc3ccccc3Cl)cc12. The second kappa shape index (κ2) is 8.94. The zero-order valence-electron chi connectivity index (χ0n) is 16.2. The van der Waals surface area contributed by atoms with Crippen molar-refractivity contribution in [3.05, 3.63) is 87.4 Å². The van der Waals surface area contributed by atoms with Crippen molar-refractivity contribution in [1.82, 2.24) is 0 Å². The third-order valence-corrected chi connectivity index (χ3v) is 5.59. The molecule has 3 aromatic carbocycles. The first kappa shape index (κ1) is 20.5. The van der Waals surface area contributed by atoms with Crippen LogP contribution in [0.4, 0.5) is 0 Å². The molecule has 0 spiro atoms. The molecule has 4 aromatic rings. The zero-order chi connectivity index (χ0) is 21.1. The van der Waals surface area contributed by atoms with Crippen molar-refractivity contribution in [2.45, 2.75) is 13.5 Å². The molecule has 4 rings (SSSR count). The minimum atomic E-state index is -0.436. The predicted molar refractivity (Wildman–Crippen MR) is 121 cm³/mol. The molecule has 152 valence electrons. The van der Waals surface area contributed by atoms with Crippen LogP contribution in [0.5, 0.6) is 5.75 Å². The standard InChI is InChI=1S/C24H18BrClO4/c1-2-28-24(27)22-17-12-21(29-14-16-10-6-7-11-19(16)26)18(25)13-20(17)30-23(22)15-8-4-3-5-9-15/h3-13H,2,14H2,1H3. The van der Waals surface area contributed by atoms with Crippen LogP contribution in [0.15, 0.2) is 75.6 Å². The molecule has 1 heterocycles. The van der Waals surface area contributed by atoms with E-state index in [1.807, 2.05) is 54.6 Å². The van der Waals surface area contributed by atoms with Gasteiger partial charge in [0, 0.05) is 21.5 Å². The molecular weight excluding hydrogens is 468 g/mol. The third-order valence-electron chi connectivity index (χ3n) is 4.60. The summed E-state index contributed by atoms with van der Waals surface area (Å²) in [4.78, 5) is 12.8. The maximum Gasteiger partial charge on any atom is 0.342 e. The summed E-state index contributed by atoms with van der Waals surface area (Å²) in [5.41, 5.74) is 2.61. The Hall–Kier alpha value is -2.76. The van der Waals surface area contributed by atoms with E-state index in [9.17, 15) is 4.79 Å². The van der Waals surface area contributed by atoms with Crippen LogP contribution in [0.3, 0.4) is 0 Å². The Kier molecular flexibility index (Phi) is 6.11. The molecule has 0 N–H and O–H groups in total. The molecule has 0 saturated carbocycles. The van der Waals surface area contributed by atoms with E-state index in [0.717, 1.165) is 11.1 Å². The van der Waals surface area contributed by atoms with Gasteiger partial charge in [0.05, 0.1) is 11.1 Å². The van der Waals surface area contributed by atoms with E-state index in [1.54, 1.807) is 19.1 Å². The van der Waals surface area contributed by atoms with Gasteiger partial charge in [-0.1, -0.05) is 60.1 Å². The lowest BCUT2D eigenvalue weighted by atomic mass is 10.1. The number of benzene rings is 3. The number of ether oxygens (including phenoxy) is 2. The van der Waals surface area contributed by atoms with Crippen LogP contribution in [-0.4, -0.2) is 12.6 Å². The molecule has 30 heavy (non-hydrogen) atoms. The Balaban J connectivity index is 1.79. The number of rotatable bonds is 6. The van der Waals surface area contributed by atoms with Gasteiger partial charge in [-0.05, 0) is 41.1 Å². The topological polar surface area (TPSA) is 48.7 Å². The first-order chi connectivity index (χ1) is 14.6. The maximum absolute atomic E-state index is 12.8. The Morgan fingerprint density at radius 3 is 2.53 bits per heavy atom. The number of halogens is 2. The predicted octanol–water partition coefficient (Wildman–Crippen LogP) is 7.27. The average molecular weight is 486 g/mol. The number of furan rings is 1. The maximum atomic E-state index is 12.8. The normalized spacial score (nSPS) is 10.9. The smallest absolute Gasteiger partial charge is 0.342 e. The highest BCUT2D eigenvalue weighted by atomic mass is 79.9. The molecule has 0 aliphatic rings. The fraction of sp³-hybridized carbons (Fsp3) is 0.125. The summed E-state index contributed by atoms with van der Waals surface area (Å²) in [6.45, 7) is 2.34. The minimum absolute atomic E-state index is 0.270. The second-order valence-electron chi connectivity index (χ2n) is 6.55. The van der Waals surface area contributed by atoms with E-state index < -0.39 is 5.97 Å². The molecule has 0 radical (unpaired) electrons. The molecule has 0 fully saturated rings. The first-order valence-corrected chi connectivity index (χ1v) is 10.6. The van der Waals surface area contributed by atoms with Crippen molar-refractivity contribution in [1.29, 1.82) is 0 Å². The Labute approximate surface area is 187 Å². The lowest BCUT2D eigenvalue weighted by Crippen LogP contribution is -2.05. The number of carbonyl (C=O) groups is 1. The van der Waals surface area contributed by atoms with Gasteiger partial charge in [-0.25, -0.2) is 4.79 Å². The summed E-state index contributed by atoms with van der Waals surface area (Å²) in [7, 11) is 0. The number of hydrogen-bond donors (Lipinski definition) is 0. The number of carbonyl (C=O) groups excluding carboxylic acids is 1. The Morgan fingerprint density at radius 1 is 1.07 bits per heavy atom. The van der Waals surface area contributed by atoms with Gasteiger partial charge in [0.25, 0.3) is 0 Å². The van der Waals surface area contributed by atoms with E-state index >= 15 is 0 Å². The van der Waals surface area contributed by atoms with Crippen LogP contribution >= 0.6 is 27.5 Å². The van der Waals surface area contributed by atoms with Crippen LogP contribution in [0, 0.1) is 0 Å². The average Bonchev–Trinajstić information content (AvgIpc) is 3.12. The van der Waals surface area contributed by atoms with Crippen LogP contribution in [-0.2, 0) is 11.3 Å². The second-order valence-corrected chi connectivity index (χ2v) is 7.81. The fourth-order valence-electron chi connectivity index (χ4n) is 3.18. The molecule has 4 nitrogen and oxygen atoms in total. The largest absolute Gasteiger partial charge is 0.488 e. The summed E-state index contributed by atoms with van der Waals surface area (Å²) >= 11 is 9.76. The van der Waals surface area contributed by atoms with Gasteiger partial charge >= 0.3 is 5.97 Å². The number of fused-ring (bicyclic) bond motifs is 1. The number of hydrogen-bond acceptors (Lipinski definition) is 4. The van der Waals surface area contributed by atoms with E-state index in [-0.39, 0.29) is 6.61 Å². The number of esters is 1. The van der Waals surface area contributed by atoms with Crippen molar-refractivity contribution in [3.63, 3.8) is 0 Å². The molecule has 0 unspecified atom stereocenters. The highest BCUT2D eigenvalue weighted by Gasteiger charge is 2.24. The molecule has 0 saturated heterocycles. The summed E-state index contributed by atoms with van der Waals surface area (Å²) in [5, 5.41) is 1.27. The van der Waals surface area contributed by atoms with Gasteiger partial charge in [-0.15, -0.1) is 0 Å². The van der Waals surface area contributed by atoms with Crippen LogP contribution < -0.4 is 4.74 Å². The van der Waals surface area contributed by atoms with Gasteiger partial charge < -0.3 is 13.9 Å². The quantitative estimate of drug-likeness (QED) is 0.269. The lowest BCUT2D eigenvalue weighted by Gasteiger charge is -2.10. The summed E-state index contributed by atoms with van der Waals surface area (Å²) in [5.74, 6) is 0.613. The van der Waals surface area contributed by atoms with E-state index in [0.29, 0.717) is 44.1 Å². The molecule has 0 aliphatic carbocycles. The summed E-state index contributed by atoms with van der Waals surface area (Å²) in [6, 6.07) is 20.6. The van der Waals surface area contributed by atoms with Crippen molar-refractivity contribution in [2.75, 3.05) is 6.61 Å². The molecule has 0 amide bonds. The van der Waals surface area contributed by atoms with Gasteiger partial charge in [-0.3, -0.25) is 0 Å². The molecule has 6 heteroatoms. The zero-order valence-corrected chi connectivity index (χ0v) is 18.5. The van der Waals surface area contributed by atoms with Crippen LogP contribution in [0.25, 0.3) is 22.3 Å². The van der Waals surface area contributed by atoms with Crippen molar-refractivity contribution >= 4 is 44.5 Å². The van der Waals surface area contributed by atoms with Gasteiger partial charge in [0.1, 0.15) is 29.3 Å². The monoisotopic (exact) mass is 484 g/mol. The minimum Gasteiger partial charge on any atom is -0.488 e. The molecule has 0 atom stereocenters. The molecule has 0 bridgehead atoms. The van der Waals surface area contributed by atoms with Crippen molar-refractivity contribution in [2.24, 2.45) is 0 Å². The van der Waals surface area contributed by atoms with E-state index in [4.69, 9.17) is 25.5 Å². The van der Waals surface area contributed by atoms with Crippen LogP contribution in [0.2, 0.25) is 5.02 Å². The highest BCUT2D eigenvalue weighted by molar-refractivity contribution is 9.10. The van der Waals surface area contributed by atoms with E-state index in [1.165, 1.54) is 0 Å². The summed E-state index contributed by atoms with van der Waals surface area (Å²) < 4.78 is 18.1. The molecule has 1 aromatic heterocycles.